The van der Waals surface area contributed by atoms with E-state index in [2.05, 4.69) is 5.32 Å². The van der Waals surface area contributed by atoms with Gasteiger partial charge >= 0.3 is 0 Å². The van der Waals surface area contributed by atoms with Crippen molar-refractivity contribution in [3.8, 4) is 0 Å². The van der Waals surface area contributed by atoms with E-state index in [1.165, 1.54) is 0 Å². The quantitative estimate of drug-likeness (QED) is 0.839. The summed E-state index contributed by atoms with van der Waals surface area (Å²) in [6.45, 7) is 4.64. The van der Waals surface area contributed by atoms with Crippen LogP contribution in [-0.4, -0.2) is 23.9 Å². The molecule has 0 spiro atoms. The van der Waals surface area contributed by atoms with Gasteiger partial charge < -0.3 is 9.88 Å². The van der Waals surface area contributed by atoms with Crippen molar-refractivity contribution in [1.29, 1.82) is 0 Å². The van der Waals surface area contributed by atoms with Crippen LogP contribution >= 0.6 is 0 Å². The molecule has 2 rings (SSSR count). The lowest BCUT2D eigenvalue weighted by molar-refractivity contribution is 0.0841. The monoisotopic (exact) mass is 244 g/mol. The van der Waals surface area contributed by atoms with Crippen LogP contribution in [0.15, 0.2) is 30.5 Å². The summed E-state index contributed by atoms with van der Waals surface area (Å²) in [6.07, 6.45) is 1.93. The molecule has 0 atom stereocenters. The van der Waals surface area contributed by atoms with Crippen molar-refractivity contribution in [3.63, 3.8) is 0 Å². The van der Waals surface area contributed by atoms with E-state index < -0.39 is 5.41 Å². The molecule has 0 aliphatic rings. The lowest BCUT2D eigenvalue weighted by Gasteiger charge is -2.22. The summed E-state index contributed by atoms with van der Waals surface area (Å²) in [6, 6.07) is 8.02. The predicted octanol–water partition coefficient (Wildman–Crippen LogP) is 2.61. The fourth-order valence-electron chi connectivity index (χ4n) is 2.41. The first-order valence-corrected chi connectivity index (χ1v) is 6.21. The van der Waals surface area contributed by atoms with Crippen LogP contribution in [0.25, 0.3) is 10.9 Å². The molecule has 18 heavy (non-hydrogen) atoms. The van der Waals surface area contributed by atoms with Gasteiger partial charge in [-0.2, -0.15) is 0 Å². The second-order valence-electron chi connectivity index (χ2n) is 5.41. The highest BCUT2D eigenvalue weighted by atomic mass is 16.1. The largest absolute Gasteiger partial charge is 0.350 e. The van der Waals surface area contributed by atoms with Crippen molar-refractivity contribution in [2.24, 2.45) is 12.5 Å². The van der Waals surface area contributed by atoms with Gasteiger partial charge in [-0.3, -0.25) is 4.79 Å². The molecular weight excluding hydrogens is 224 g/mol. The number of benzene rings is 1. The van der Waals surface area contributed by atoms with E-state index in [0.717, 1.165) is 16.5 Å². The van der Waals surface area contributed by atoms with Gasteiger partial charge in [0.25, 0.3) is 0 Å². The number of fused-ring (bicyclic) bond motifs is 1. The van der Waals surface area contributed by atoms with Crippen molar-refractivity contribution >= 4 is 16.7 Å². The normalized spacial score (nSPS) is 12.0. The maximum Gasteiger partial charge on any atom is 0.171 e. The third kappa shape index (κ3) is 2.06. The molecule has 1 N–H and O–H groups in total. The number of rotatable bonds is 4. The van der Waals surface area contributed by atoms with Crippen LogP contribution < -0.4 is 5.32 Å². The van der Waals surface area contributed by atoms with Crippen LogP contribution in [0.5, 0.6) is 0 Å². The average molecular weight is 244 g/mol. The molecule has 3 nitrogen and oxygen atoms in total. The number of para-hydroxylation sites is 1. The van der Waals surface area contributed by atoms with Crippen LogP contribution in [-0.2, 0) is 7.05 Å². The van der Waals surface area contributed by atoms with Crippen molar-refractivity contribution in [3.05, 3.63) is 36.0 Å². The second-order valence-corrected chi connectivity index (χ2v) is 5.41. The summed E-state index contributed by atoms with van der Waals surface area (Å²) in [5.74, 6) is 0.189. The highest BCUT2D eigenvalue weighted by Gasteiger charge is 2.29. The number of hydrogen-bond acceptors (Lipinski definition) is 2. The predicted molar refractivity (Wildman–Crippen MR) is 75.0 cm³/mol. The zero-order chi connectivity index (χ0) is 13.3. The van der Waals surface area contributed by atoms with Gasteiger partial charge in [0.15, 0.2) is 5.78 Å². The number of carbonyl (C=O) groups excluding carboxylic acids is 1. The molecule has 0 saturated heterocycles. The minimum absolute atomic E-state index is 0.189. The number of hydrogen-bond donors (Lipinski definition) is 1. The fraction of sp³-hybridized carbons (Fsp3) is 0.400. The number of carbonyl (C=O) groups is 1. The Labute approximate surface area is 108 Å². The van der Waals surface area contributed by atoms with E-state index in [-0.39, 0.29) is 5.78 Å². The molecule has 96 valence electrons. The summed E-state index contributed by atoms with van der Waals surface area (Å²) < 4.78 is 2.01. The zero-order valence-corrected chi connectivity index (χ0v) is 11.4. The van der Waals surface area contributed by atoms with E-state index in [0.29, 0.717) is 6.54 Å². The van der Waals surface area contributed by atoms with Crippen molar-refractivity contribution in [1.82, 2.24) is 9.88 Å². The Morgan fingerprint density at radius 3 is 2.67 bits per heavy atom. The smallest absolute Gasteiger partial charge is 0.171 e. The number of aromatic nitrogens is 1. The Bertz CT molecular complexity index is 581. The number of nitrogens with zero attached hydrogens (tertiary/aromatic N) is 1. The van der Waals surface area contributed by atoms with Gasteiger partial charge in [0.05, 0.1) is 0 Å². The van der Waals surface area contributed by atoms with Gasteiger partial charge in [0.1, 0.15) is 0 Å². The van der Waals surface area contributed by atoms with Crippen molar-refractivity contribution < 1.29 is 4.79 Å². The third-order valence-electron chi connectivity index (χ3n) is 3.37. The molecule has 1 aromatic carbocycles. The molecule has 0 unspecified atom stereocenters. The Morgan fingerprint density at radius 2 is 2.00 bits per heavy atom. The molecule has 0 fully saturated rings. The highest BCUT2D eigenvalue weighted by molar-refractivity contribution is 6.10. The summed E-state index contributed by atoms with van der Waals surface area (Å²) in [4.78, 5) is 12.6. The number of ketones is 1. The molecule has 0 amide bonds. The molecule has 3 heteroatoms. The first-order chi connectivity index (χ1) is 8.47. The van der Waals surface area contributed by atoms with Gasteiger partial charge in [-0.1, -0.05) is 32.0 Å². The summed E-state index contributed by atoms with van der Waals surface area (Å²) >= 11 is 0. The third-order valence-corrected chi connectivity index (χ3v) is 3.37. The van der Waals surface area contributed by atoms with Gasteiger partial charge in [-0.15, -0.1) is 0 Å². The molecule has 0 aliphatic carbocycles. The highest BCUT2D eigenvalue weighted by Crippen LogP contribution is 2.27. The van der Waals surface area contributed by atoms with E-state index in [4.69, 9.17) is 0 Å². The average Bonchev–Trinajstić information content (AvgIpc) is 2.66. The first-order valence-electron chi connectivity index (χ1n) is 6.21. The topological polar surface area (TPSA) is 34.0 Å². The fourth-order valence-corrected chi connectivity index (χ4v) is 2.41. The molecule has 0 saturated carbocycles. The minimum atomic E-state index is -0.390. The maximum absolute atomic E-state index is 12.6. The van der Waals surface area contributed by atoms with Gasteiger partial charge in [-0.25, -0.2) is 0 Å². The number of aryl methyl sites for hydroxylation is 1. The van der Waals surface area contributed by atoms with Gasteiger partial charge in [0, 0.05) is 41.7 Å². The summed E-state index contributed by atoms with van der Waals surface area (Å²) in [5, 5.41) is 4.12. The van der Waals surface area contributed by atoms with Gasteiger partial charge in [0.2, 0.25) is 0 Å². The molecule has 0 radical (unpaired) electrons. The van der Waals surface area contributed by atoms with E-state index >= 15 is 0 Å². The van der Waals surface area contributed by atoms with E-state index in [1.54, 1.807) is 0 Å². The Kier molecular flexibility index (Phi) is 3.26. The SMILES string of the molecule is CNCC(C)(C)C(=O)c1cn(C)c2ccccc12. The number of Topliss-reactive ketones (excluding diaryl/α,β-unsaturated/α-hetero) is 1. The Hall–Kier alpha value is -1.61. The summed E-state index contributed by atoms with van der Waals surface area (Å²) in [7, 11) is 3.85. The molecule has 1 aromatic heterocycles. The second kappa shape index (κ2) is 4.58. The van der Waals surface area contributed by atoms with Crippen LogP contribution in [0.3, 0.4) is 0 Å². The van der Waals surface area contributed by atoms with E-state index in [9.17, 15) is 4.79 Å². The maximum atomic E-state index is 12.6. The standard InChI is InChI=1S/C15H20N2O/c1-15(2,10-16-3)14(18)12-9-17(4)13-8-6-5-7-11(12)13/h5-9,16H,10H2,1-4H3. The molecule has 0 aliphatic heterocycles. The minimum Gasteiger partial charge on any atom is -0.350 e. The summed E-state index contributed by atoms with van der Waals surface area (Å²) in [5.41, 5.74) is 1.52. The zero-order valence-electron chi connectivity index (χ0n) is 11.4. The molecule has 0 bridgehead atoms. The molecule has 2 aromatic rings. The van der Waals surface area contributed by atoms with Crippen LogP contribution in [0.1, 0.15) is 24.2 Å². The molecule has 1 heterocycles. The lowest BCUT2D eigenvalue weighted by atomic mass is 9.84. The van der Waals surface area contributed by atoms with Crippen LogP contribution in [0, 0.1) is 5.41 Å². The van der Waals surface area contributed by atoms with Crippen molar-refractivity contribution in [2.75, 3.05) is 13.6 Å². The first kappa shape index (κ1) is 12.8. The Balaban J connectivity index is 2.52. The Morgan fingerprint density at radius 1 is 1.33 bits per heavy atom. The van der Waals surface area contributed by atoms with Gasteiger partial charge in [-0.05, 0) is 13.1 Å². The number of nitrogens with one attached hydrogen (secondary N) is 1. The van der Waals surface area contributed by atoms with Crippen LogP contribution in [0.2, 0.25) is 0 Å². The van der Waals surface area contributed by atoms with Crippen LogP contribution in [0.4, 0.5) is 0 Å². The lowest BCUT2D eigenvalue weighted by Crippen LogP contribution is -2.34. The van der Waals surface area contributed by atoms with E-state index in [1.807, 2.05) is 63.0 Å². The molecular formula is C15H20N2O. The van der Waals surface area contributed by atoms with Crippen molar-refractivity contribution in [2.45, 2.75) is 13.8 Å².